The van der Waals surface area contributed by atoms with Crippen molar-refractivity contribution in [3.63, 3.8) is 0 Å². The second kappa shape index (κ2) is 14.6. The standard InChI is InChI=1S/C30H43F3N8S/c1-5-21(2)6-7-25(18-34)41(19-22(3)39-14-10-35-11-15-39)23(4)40-12-8-24(9-13-40)38-28-27-16-26(17-30(31,32)33)42-29(27)37-20-36-28/h6-7,16,20,22-24,35H,5,8-15,17,19H2,1-4H3,(H,36,37,38)/b21-6+,25-7-. The van der Waals surface area contributed by atoms with Crippen LogP contribution in [0, 0.1) is 11.3 Å². The van der Waals surface area contributed by atoms with Crippen molar-refractivity contribution in [3.05, 3.63) is 40.7 Å². The monoisotopic (exact) mass is 604 g/mol. The van der Waals surface area contributed by atoms with Gasteiger partial charge in [-0.2, -0.15) is 18.4 Å². The summed E-state index contributed by atoms with van der Waals surface area (Å²) in [5.74, 6) is 0.593. The Morgan fingerprint density at radius 2 is 1.90 bits per heavy atom. The Morgan fingerprint density at radius 1 is 1.19 bits per heavy atom. The van der Waals surface area contributed by atoms with E-state index in [2.05, 4.69) is 75.1 Å². The normalized spacial score (nSPS) is 20.0. The van der Waals surface area contributed by atoms with E-state index in [-0.39, 0.29) is 17.1 Å². The molecule has 12 heteroatoms. The first-order valence-corrected chi connectivity index (χ1v) is 15.7. The lowest BCUT2D eigenvalue weighted by atomic mass is 10.0. The quantitative estimate of drug-likeness (QED) is 0.262. The molecule has 2 saturated heterocycles. The number of piperidine rings is 1. The molecule has 2 aromatic rings. The smallest absolute Gasteiger partial charge is 0.367 e. The number of alkyl halides is 3. The second-order valence-electron chi connectivity index (χ2n) is 11.3. The van der Waals surface area contributed by atoms with Gasteiger partial charge in [-0.15, -0.1) is 11.3 Å². The minimum absolute atomic E-state index is 0.0325. The van der Waals surface area contributed by atoms with E-state index < -0.39 is 12.6 Å². The molecule has 4 rings (SSSR count). The molecule has 0 bridgehead atoms. The molecule has 4 heterocycles. The molecule has 0 saturated carbocycles. The summed E-state index contributed by atoms with van der Waals surface area (Å²) in [6, 6.07) is 4.48. The van der Waals surface area contributed by atoms with Crippen molar-refractivity contribution in [2.24, 2.45) is 0 Å². The van der Waals surface area contributed by atoms with Crippen LogP contribution in [0.4, 0.5) is 19.0 Å². The van der Waals surface area contributed by atoms with E-state index in [0.717, 1.165) is 76.4 Å². The van der Waals surface area contributed by atoms with Crippen LogP contribution < -0.4 is 10.6 Å². The summed E-state index contributed by atoms with van der Waals surface area (Å²) >= 11 is 1.07. The zero-order valence-electron chi connectivity index (χ0n) is 25.0. The van der Waals surface area contributed by atoms with Gasteiger partial charge in [0.05, 0.1) is 18.0 Å². The van der Waals surface area contributed by atoms with E-state index in [1.165, 1.54) is 11.9 Å². The van der Waals surface area contributed by atoms with Crippen LogP contribution in [-0.2, 0) is 6.42 Å². The molecule has 2 aliphatic rings. The van der Waals surface area contributed by atoms with Gasteiger partial charge in [-0.25, -0.2) is 9.97 Å². The lowest BCUT2D eigenvalue weighted by Crippen LogP contribution is -2.55. The third kappa shape index (κ3) is 8.66. The van der Waals surface area contributed by atoms with Gasteiger partial charge < -0.3 is 15.5 Å². The molecular weight excluding hydrogens is 561 g/mol. The van der Waals surface area contributed by atoms with Crippen LogP contribution in [0.1, 0.15) is 51.8 Å². The van der Waals surface area contributed by atoms with Gasteiger partial charge in [0, 0.05) is 62.8 Å². The minimum Gasteiger partial charge on any atom is -0.367 e. The number of rotatable bonds is 11. The number of nitriles is 1. The van der Waals surface area contributed by atoms with Crippen LogP contribution in [0.25, 0.3) is 10.2 Å². The summed E-state index contributed by atoms with van der Waals surface area (Å²) in [6.07, 6.45) is 2.90. The van der Waals surface area contributed by atoms with Gasteiger partial charge in [0.15, 0.2) is 0 Å². The van der Waals surface area contributed by atoms with E-state index in [1.54, 1.807) is 6.07 Å². The molecule has 2 N–H and O–H groups in total. The molecule has 2 fully saturated rings. The molecule has 0 amide bonds. The molecule has 2 aromatic heterocycles. The highest BCUT2D eigenvalue weighted by atomic mass is 32.1. The summed E-state index contributed by atoms with van der Waals surface area (Å²) in [6.45, 7) is 15.0. The molecule has 230 valence electrons. The predicted molar refractivity (Wildman–Crippen MR) is 163 cm³/mol. The molecular formula is C30H43F3N8S. The van der Waals surface area contributed by atoms with Crippen LogP contribution >= 0.6 is 11.3 Å². The van der Waals surface area contributed by atoms with E-state index in [4.69, 9.17) is 0 Å². The highest BCUT2D eigenvalue weighted by Gasteiger charge is 2.31. The minimum atomic E-state index is -4.26. The Hall–Kier alpha value is -2.72. The number of halogens is 3. The Labute approximate surface area is 251 Å². The zero-order valence-corrected chi connectivity index (χ0v) is 25.9. The van der Waals surface area contributed by atoms with E-state index in [1.807, 2.05) is 6.08 Å². The highest BCUT2D eigenvalue weighted by molar-refractivity contribution is 7.18. The second-order valence-corrected chi connectivity index (χ2v) is 12.5. The fourth-order valence-corrected chi connectivity index (χ4v) is 6.65. The van der Waals surface area contributed by atoms with Gasteiger partial charge in [-0.05, 0) is 52.2 Å². The number of thiophene rings is 1. The van der Waals surface area contributed by atoms with Crippen molar-refractivity contribution in [2.75, 3.05) is 51.1 Å². The number of fused-ring (bicyclic) bond motifs is 1. The summed E-state index contributed by atoms with van der Waals surface area (Å²) < 4.78 is 38.9. The third-order valence-corrected chi connectivity index (χ3v) is 9.39. The maximum atomic E-state index is 13.0. The molecule has 0 spiro atoms. The molecule has 2 unspecified atom stereocenters. The predicted octanol–water partition coefficient (Wildman–Crippen LogP) is 5.38. The van der Waals surface area contributed by atoms with Gasteiger partial charge in [-0.3, -0.25) is 9.80 Å². The lowest BCUT2D eigenvalue weighted by molar-refractivity contribution is -0.126. The largest absolute Gasteiger partial charge is 0.393 e. The average molecular weight is 605 g/mol. The molecule has 2 atom stereocenters. The number of hydrogen-bond donors (Lipinski definition) is 2. The maximum Gasteiger partial charge on any atom is 0.393 e. The SMILES string of the molecule is CC/C(C)=C/C=C(/C#N)N(CC(C)N1CCNCC1)C(C)N1CCC(Nc2ncnc3sc(CC(F)(F)F)cc23)CC1. The fourth-order valence-electron chi connectivity index (χ4n) is 5.62. The zero-order chi connectivity index (χ0) is 30.3. The first-order valence-electron chi connectivity index (χ1n) is 14.9. The van der Waals surface area contributed by atoms with Crippen LogP contribution in [-0.4, -0.2) is 94.9 Å². The number of nitrogens with one attached hydrogen (secondary N) is 2. The summed E-state index contributed by atoms with van der Waals surface area (Å²) in [5.41, 5.74) is 1.90. The van der Waals surface area contributed by atoms with Gasteiger partial charge in [0.1, 0.15) is 28.7 Å². The molecule has 2 aliphatic heterocycles. The first kappa shape index (κ1) is 32.2. The van der Waals surface area contributed by atoms with Gasteiger partial charge in [0.2, 0.25) is 0 Å². The maximum absolute atomic E-state index is 13.0. The Bertz CT molecular complexity index is 1270. The number of piperazine rings is 1. The van der Waals surface area contributed by atoms with Crippen molar-refractivity contribution in [3.8, 4) is 6.07 Å². The first-order chi connectivity index (χ1) is 20.1. The molecule has 0 aliphatic carbocycles. The number of anilines is 1. The van der Waals surface area contributed by atoms with Crippen molar-refractivity contribution in [2.45, 2.75) is 77.8 Å². The van der Waals surface area contributed by atoms with Crippen LogP contribution in [0.3, 0.4) is 0 Å². The Kier molecular flexibility index (Phi) is 11.2. The van der Waals surface area contributed by atoms with Crippen molar-refractivity contribution >= 4 is 27.4 Å². The van der Waals surface area contributed by atoms with Crippen molar-refractivity contribution < 1.29 is 13.2 Å². The fraction of sp³-hybridized carbons (Fsp3) is 0.633. The highest BCUT2D eigenvalue weighted by Crippen LogP contribution is 2.33. The number of likely N-dealkylation sites (tertiary alicyclic amines) is 1. The summed E-state index contributed by atoms with van der Waals surface area (Å²) in [5, 5.41) is 17.7. The summed E-state index contributed by atoms with van der Waals surface area (Å²) in [7, 11) is 0. The molecule has 42 heavy (non-hydrogen) atoms. The van der Waals surface area contributed by atoms with Crippen LogP contribution in [0.2, 0.25) is 0 Å². The van der Waals surface area contributed by atoms with Gasteiger partial charge in [-0.1, -0.05) is 18.6 Å². The molecule has 0 radical (unpaired) electrons. The number of hydrogen-bond acceptors (Lipinski definition) is 9. The van der Waals surface area contributed by atoms with Crippen LogP contribution in [0.5, 0.6) is 0 Å². The van der Waals surface area contributed by atoms with Crippen molar-refractivity contribution in [1.29, 1.82) is 5.26 Å². The van der Waals surface area contributed by atoms with E-state index >= 15 is 0 Å². The molecule has 0 aromatic carbocycles. The number of allylic oxidation sites excluding steroid dienone is 4. The summed E-state index contributed by atoms with van der Waals surface area (Å²) in [4.78, 5) is 16.5. The Balaban J connectivity index is 1.44. The third-order valence-electron chi connectivity index (χ3n) is 8.35. The van der Waals surface area contributed by atoms with E-state index in [9.17, 15) is 18.4 Å². The Morgan fingerprint density at radius 3 is 2.55 bits per heavy atom. The van der Waals surface area contributed by atoms with Crippen LogP contribution in [0.15, 0.2) is 35.8 Å². The number of aromatic nitrogens is 2. The van der Waals surface area contributed by atoms with Gasteiger partial charge in [0.25, 0.3) is 0 Å². The number of nitrogens with zero attached hydrogens (tertiary/aromatic N) is 6. The topological polar surface area (TPSA) is 83.4 Å². The van der Waals surface area contributed by atoms with Crippen molar-refractivity contribution in [1.82, 2.24) is 30.0 Å². The average Bonchev–Trinajstić information content (AvgIpc) is 3.39. The lowest BCUT2D eigenvalue weighted by Gasteiger charge is -2.44. The molecule has 8 nitrogen and oxygen atoms in total. The van der Waals surface area contributed by atoms with Gasteiger partial charge >= 0.3 is 6.18 Å². The van der Waals surface area contributed by atoms with E-state index in [0.29, 0.717) is 27.8 Å².